The van der Waals surface area contributed by atoms with Crippen molar-refractivity contribution >= 4 is 33.2 Å². The molecule has 2 unspecified atom stereocenters. The summed E-state index contributed by atoms with van der Waals surface area (Å²) in [5, 5.41) is 4.06. The van der Waals surface area contributed by atoms with Crippen molar-refractivity contribution in [3.8, 4) is 0 Å². The Bertz CT molecular complexity index is 517. The molecule has 0 amide bonds. The Hall–Kier alpha value is -0.880. The average Bonchev–Trinajstić information content (AvgIpc) is 2.62. The molecule has 2 atom stereocenters. The van der Waals surface area contributed by atoms with Gasteiger partial charge < -0.3 is 5.32 Å². The summed E-state index contributed by atoms with van der Waals surface area (Å²) in [6.07, 6.45) is 2.30. The number of nitrogens with one attached hydrogen (secondary N) is 2. The highest BCUT2D eigenvalue weighted by Crippen LogP contribution is 2.29. The quantitative estimate of drug-likeness (QED) is 0.892. The number of benzene rings is 1. The molecule has 0 bridgehead atoms. The third-order valence-corrected chi connectivity index (χ3v) is 4.83. The van der Waals surface area contributed by atoms with Crippen LogP contribution in [-0.2, 0) is 10.0 Å². The van der Waals surface area contributed by atoms with Crippen LogP contribution >= 0.6 is 11.8 Å². The van der Waals surface area contributed by atoms with E-state index in [4.69, 9.17) is 0 Å². The van der Waals surface area contributed by atoms with Crippen molar-refractivity contribution in [1.29, 1.82) is 0 Å². The first-order valence-corrected chi connectivity index (χ1v) is 8.84. The highest BCUT2D eigenvalue weighted by molar-refractivity contribution is 8.00. The maximum Gasteiger partial charge on any atom is 0.229 e. The topological polar surface area (TPSA) is 58.2 Å². The molecule has 1 fully saturated rings. The van der Waals surface area contributed by atoms with Crippen LogP contribution in [-0.4, -0.2) is 31.7 Å². The van der Waals surface area contributed by atoms with Crippen molar-refractivity contribution in [2.45, 2.75) is 24.6 Å². The molecule has 1 aromatic rings. The molecule has 100 valence electrons. The summed E-state index contributed by atoms with van der Waals surface area (Å²) in [5.41, 5.74) is 1.56. The summed E-state index contributed by atoms with van der Waals surface area (Å²) >= 11 is 1.96. The van der Waals surface area contributed by atoms with E-state index >= 15 is 0 Å². The van der Waals surface area contributed by atoms with Gasteiger partial charge >= 0.3 is 0 Å². The molecule has 1 heterocycles. The summed E-state index contributed by atoms with van der Waals surface area (Å²) in [5.74, 6) is 1.18. The van der Waals surface area contributed by atoms with Crippen molar-refractivity contribution in [2.75, 3.05) is 22.0 Å². The Balaban J connectivity index is 2.07. The fourth-order valence-corrected chi connectivity index (χ4v) is 3.78. The van der Waals surface area contributed by atoms with Crippen LogP contribution in [0.5, 0.6) is 0 Å². The lowest BCUT2D eigenvalue weighted by Gasteiger charge is -2.18. The van der Waals surface area contributed by atoms with E-state index in [1.807, 2.05) is 30.0 Å². The van der Waals surface area contributed by atoms with Crippen molar-refractivity contribution < 1.29 is 8.42 Å². The van der Waals surface area contributed by atoms with Gasteiger partial charge in [0.25, 0.3) is 0 Å². The lowest BCUT2D eigenvalue weighted by Crippen LogP contribution is -2.24. The normalized spacial score (nSPS) is 23.9. The zero-order valence-corrected chi connectivity index (χ0v) is 12.1. The molecule has 2 rings (SSSR count). The Morgan fingerprint density at radius 1 is 1.33 bits per heavy atom. The predicted molar refractivity (Wildman–Crippen MR) is 78.9 cm³/mol. The summed E-state index contributed by atoms with van der Waals surface area (Å²) in [4.78, 5) is 0. The van der Waals surface area contributed by atoms with E-state index in [0.29, 0.717) is 17.0 Å². The van der Waals surface area contributed by atoms with Gasteiger partial charge in [0.2, 0.25) is 10.0 Å². The number of thioether (sulfide) groups is 1. The van der Waals surface area contributed by atoms with Crippen LogP contribution in [0.15, 0.2) is 24.3 Å². The number of rotatable bonds is 4. The van der Waals surface area contributed by atoms with Gasteiger partial charge in [0.15, 0.2) is 0 Å². The first-order chi connectivity index (χ1) is 8.44. The van der Waals surface area contributed by atoms with Crippen LogP contribution in [0, 0.1) is 0 Å². The van der Waals surface area contributed by atoms with Crippen molar-refractivity contribution in [3.05, 3.63) is 24.3 Å². The molecule has 0 aliphatic carbocycles. The Morgan fingerprint density at radius 3 is 2.67 bits per heavy atom. The number of hydrogen-bond donors (Lipinski definition) is 2. The molecular formula is C12H18N2O2S2. The van der Waals surface area contributed by atoms with Crippen LogP contribution in [0.1, 0.15) is 13.3 Å². The van der Waals surface area contributed by atoms with Crippen LogP contribution < -0.4 is 10.0 Å². The largest absolute Gasteiger partial charge is 0.381 e. The van der Waals surface area contributed by atoms with Crippen LogP contribution in [0.25, 0.3) is 0 Å². The highest BCUT2D eigenvalue weighted by atomic mass is 32.2. The van der Waals surface area contributed by atoms with Gasteiger partial charge in [0.05, 0.1) is 11.9 Å². The van der Waals surface area contributed by atoms with Gasteiger partial charge in [-0.2, -0.15) is 11.8 Å². The standard InChI is InChI=1S/C12H18N2O2S2/c1-9-12(6-7-17-9)13-10-4-3-5-11(8-10)14-18(2,15)16/h3-5,8-9,12-14H,6-7H2,1-2H3. The fraction of sp³-hybridized carbons (Fsp3) is 0.500. The van der Waals surface area contributed by atoms with Crippen LogP contribution in [0.3, 0.4) is 0 Å². The zero-order valence-electron chi connectivity index (χ0n) is 10.5. The Labute approximate surface area is 113 Å². The fourth-order valence-electron chi connectivity index (χ4n) is 2.02. The van der Waals surface area contributed by atoms with E-state index in [0.717, 1.165) is 18.4 Å². The maximum absolute atomic E-state index is 11.2. The molecular weight excluding hydrogens is 268 g/mol. The summed E-state index contributed by atoms with van der Waals surface area (Å²) in [7, 11) is -3.21. The van der Waals surface area contributed by atoms with E-state index in [-0.39, 0.29) is 0 Å². The monoisotopic (exact) mass is 286 g/mol. The summed E-state index contributed by atoms with van der Waals surface area (Å²) < 4.78 is 24.8. The van der Waals surface area contributed by atoms with E-state index in [1.54, 1.807) is 6.07 Å². The second-order valence-electron chi connectivity index (χ2n) is 4.57. The maximum atomic E-state index is 11.2. The van der Waals surface area contributed by atoms with Crippen molar-refractivity contribution in [2.24, 2.45) is 0 Å². The number of anilines is 2. The summed E-state index contributed by atoms with van der Waals surface area (Å²) in [6.45, 7) is 2.22. The van der Waals surface area contributed by atoms with Gasteiger partial charge in [0.1, 0.15) is 0 Å². The molecule has 4 nitrogen and oxygen atoms in total. The average molecular weight is 286 g/mol. The van der Waals surface area contributed by atoms with Gasteiger partial charge in [0, 0.05) is 17.0 Å². The predicted octanol–water partition coefficient (Wildman–Crippen LogP) is 2.36. The van der Waals surface area contributed by atoms with E-state index in [9.17, 15) is 8.42 Å². The van der Waals surface area contributed by atoms with Crippen LogP contribution in [0.4, 0.5) is 11.4 Å². The molecule has 2 N–H and O–H groups in total. The van der Waals surface area contributed by atoms with Gasteiger partial charge in [-0.3, -0.25) is 4.72 Å². The third kappa shape index (κ3) is 3.81. The van der Waals surface area contributed by atoms with Crippen molar-refractivity contribution in [1.82, 2.24) is 0 Å². The molecule has 0 saturated carbocycles. The number of sulfonamides is 1. The van der Waals surface area contributed by atoms with Gasteiger partial charge in [-0.25, -0.2) is 8.42 Å². The third-order valence-electron chi connectivity index (χ3n) is 2.89. The minimum Gasteiger partial charge on any atom is -0.381 e. The smallest absolute Gasteiger partial charge is 0.229 e. The first kappa shape index (κ1) is 13.5. The molecule has 6 heteroatoms. The Kier molecular flexibility index (Phi) is 4.07. The van der Waals surface area contributed by atoms with E-state index in [1.165, 1.54) is 5.75 Å². The summed E-state index contributed by atoms with van der Waals surface area (Å²) in [6, 6.07) is 7.85. The Morgan fingerprint density at radius 2 is 2.06 bits per heavy atom. The van der Waals surface area contributed by atoms with E-state index in [2.05, 4.69) is 17.0 Å². The molecule has 0 spiro atoms. The zero-order chi connectivity index (χ0) is 13.2. The van der Waals surface area contributed by atoms with Gasteiger partial charge in [-0.15, -0.1) is 0 Å². The number of hydrogen-bond acceptors (Lipinski definition) is 4. The van der Waals surface area contributed by atoms with Crippen molar-refractivity contribution in [3.63, 3.8) is 0 Å². The van der Waals surface area contributed by atoms with Gasteiger partial charge in [-0.1, -0.05) is 13.0 Å². The minimum absolute atomic E-state index is 0.462. The molecule has 1 aromatic carbocycles. The first-order valence-electron chi connectivity index (χ1n) is 5.90. The van der Waals surface area contributed by atoms with Gasteiger partial charge in [-0.05, 0) is 30.4 Å². The van der Waals surface area contributed by atoms with Crippen LogP contribution in [0.2, 0.25) is 0 Å². The minimum atomic E-state index is -3.21. The molecule has 1 saturated heterocycles. The highest BCUT2D eigenvalue weighted by Gasteiger charge is 2.23. The lowest BCUT2D eigenvalue weighted by atomic mass is 10.1. The van der Waals surface area contributed by atoms with E-state index < -0.39 is 10.0 Å². The SMILES string of the molecule is CC1SCCC1Nc1cccc(NS(C)(=O)=O)c1. The molecule has 18 heavy (non-hydrogen) atoms. The second kappa shape index (κ2) is 5.40. The second-order valence-corrected chi connectivity index (χ2v) is 7.80. The molecule has 1 aliphatic rings. The molecule has 1 aliphatic heterocycles. The molecule has 0 aromatic heterocycles. The molecule has 0 radical (unpaired) electrons. The lowest BCUT2D eigenvalue weighted by molar-refractivity contribution is 0.607.